The summed E-state index contributed by atoms with van der Waals surface area (Å²) in [5.74, 6) is 0.679. The van der Waals surface area contributed by atoms with Crippen LogP contribution in [0.4, 0.5) is 5.69 Å². The van der Waals surface area contributed by atoms with E-state index in [1.165, 1.54) is 0 Å². The Labute approximate surface area is 137 Å². The Hall–Kier alpha value is -2.01. The van der Waals surface area contributed by atoms with Crippen LogP contribution < -0.4 is 9.04 Å². The molecule has 5 heteroatoms. The Morgan fingerprint density at radius 2 is 1.83 bits per heavy atom. The van der Waals surface area contributed by atoms with Crippen LogP contribution in [-0.2, 0) is 16.4 Å². The molecule has 2 aromatic rings. The van der Waals surface area contributed by atoms with Gasteiger partial charge in [0, 0.05) is 6.04 Å². The second-order valence-corrected chi connectivity index (χ2v) is 7.54. The first-order valence-corrected chi connectivity index (χ1v) is 9.33. The molecule has 3 rings (SSSR count). The number of fused-ring (bicyclic) bond motifs is 1. The van der Waals surface area contributed by atoms with E-state index in [1.807, 2.05) is 38.1 Å². The highest BCUT2D eigenvalue weighted by molar-refractivity contribution is 7.92. The van der Waals surface area contributed by atoms with Crippen LogP contribution in [0.2, 0.25) is 0 Å². The average Bonchev–Trinajstić information content (AvgIpc) is 2.55. The third-order valence-electron chi connectivity index (χ3n) is 4.15. The maximum Gasteiger partial charge on any atom is 0.264 e. The predicted molar refractivity (Wildman–Crippen MR) is 91.5 cm³/mol. The van der Waals surface area contributed by atoms with Gasteiger partial charge in [-0.1, -0.05) is 18.2 Å². The van der Waals surface area contributed by atoms with Crippen molar-refractivity contribution >= 4 is 15.7 Å². The number of nitrogens with zero attached hydrogens (tertiary/aromatic N) is 1. The lowest BCUT2D eigenvalue weighted by Gasteiger charge is -2.36. The third kappa shape index (κ3) is 2.93. The molecule has 0 unspecified atom stereocenters. The van der Waals surface area contributed by atoms with Crippen molar-refractivity contribution in [1.29, 1.82) is 0 Å². The van der Waals surface area contributed by atoms with E-state index in [2.05, 4.69) is 0 Å². The summed E-state index contributed by atoms with van der Waals surface area (Å²) >= 11 is 0. The highest BCUT2D eigenvalue weighted by Gasteiger charge is 2.33. The van der Waals surface area contributed by atoms with Crippen molar-refractivity contribution in [1.82, 2.24) is 0 Å². The van der Waals surface area contributed by atoms with Gasteiger partial charge in [-0.25, -0.2) is 8.42 Å². The van der Waals surface area contributed by atoms with Gasteiger partial charge < -0.3 is 4.74 Å². The van der Waals surface area contributed by atoms with Gasteiger partial charge in [0.15, 0.2) is 0 Å². The van der Waals surface area contributed by atoms with Crippen molar-refractivity contribution in [3.05, 3.63) is 54.1 Å². The minimum Gasteiger partial charge on any atom is -0.494 e. The van der Waals surface area contributed by atoms with Gasteiger partial charge in [-0.2, -0.15) is 0 Å². The van der Waals surface area contributed by atoms with E-state index in [-0.39, 0.29) is 6.04 Å². The van der Waals surface area contributed by atoms with Crippen LogP contribution in [-0.4, -0.2) is 21.1 Å². The molecule has 0 saturated heterocycles. The lowest BCUT2D eigenvalue weighted by Crippen LogP contribution is -2.42. The second-order valence-electron chi connectivity index (χ2n) is 5.72. The van der Waals surface area contributed by atoms with E-state index >= 15 is 0 Å². The topological polar surface area (TPSA) is 46.6 Å². The van der Waals surface area contributed by atoms with Crippen LogP contribution in [0.5, 0.6) is 5.75 Å². The van der Waals surface area contributed by atoms with Crippen molar-refractivity contribution < 1.29 is 13.2 Å². The first-order chi connectivity index (χ1) is 11.0. The Kier molecular flexibility index (Phi) is 4.31. The molecule has 0 bridgehead atoms. The fourth-order valence-corrected chi connectivity index (χ4v) is 4.73. The standard InChI is InChI=1S/C18H21NO3S/c1-3-22-16-10-12-17(13-11-16)23(20,21)19-14(2)8-9-15-6-4-5-7-18(15)19/h4-7,10-14H,3,8-9H2,1-2H3/t14-/m0/s1. The molecule has 122 valence electrons. The van der Waals surface area contributed by atoms with Crippen molar-refractivity contribution in [3.63, 3.8) is 0 Å². The molecule has 0 fully saturated rings. The summed E-state index contributed by atoms with van der Waals surface area (Å²) in [6, 6.07) is 14.3. The van der Waals surface area contributed by atoms with E-state index in [0.29, 0.717) is 17.3 Å². The smallest absolute Gasteiger partial charge is 0.264 e. The molecule has 0 N–H and O–H groups in total. The fraction of sp³-hybridized carbons (Fsp3) is 0.333. The van der Waals surface area contributed by atoms with Gasteiger partial charge >= 0.3 is 0 Å². The van der Waals surface area contributed by atoms with Gasteiger partial charge in [0.05, 0.1) is 17.2 Å². The second kappa shape index (κ2) is 6.24. The Morgan fingerprint density at radius 3 is 2.52 bits per heavy atom. The average molecular weight is 331 g/mol. The molecule has 0 saturated carbocycles. The van der Waals surface area contributed by atoms with Gasteiger partial charge in [0.1, 0.15) is 5.75 Å². The Balaban J connectivity index is 2.02. The largest absolute Gasteiger partial charge is 0.494 e. The highest BCUT2D eigenvalue weighted by Crippen LogP contribution is 2.35. The number of aryl methyl sites for hydroxylation is 1. The van der Waals surface area contributed by atoms with Crippen LogP contribution in [0.25, 0.3) is 0 Å². The molecular formula is C18H21NO3S. The molecule has 0 amide bonds. The molecule has 0 aliphatic carbocycles. The zero-order valence-corrected chi connectivity index (χ0v) is 14.2. The van der Waals surface area contributed by atoms with Crippen LogP contribution in [0.15, 0.2) is 53.4 Å². The number of para-hydroxylation sites is 1. The number of hydrogen-bond donors (Lipinski definition) is 0. The SMILES string of the molecule is CCOc1ccc(S(=O)(=O)N2c3ccccc3CC[C@@H]2C)cc1. The number of anilines is 1. The Bertz CT molecular complexity index is 784. The number of benzene rings is 2. The summed E-state index contributed by atoms with van der Waals surface area (Å²) in [7, 11) is -3.58. The summed E-state index contributed by atoms with van der Waals surface area (Å²) in [6.07, 6.45) is 1.74. The van der Waals surface area contributed by atoms with Gasteiger partial charge in [-0.3, -0.25) is 4.31 Å². The summed E-state index contributed by atoms with van der Waals surface area (Å²) in [6.45, 7) is 4.42. The molecule has 4 nitrogen and oxygen atoms in total. The van der Waals surface area contributed by atoms with E-state index in [9.17, 15) is 8.42 Å². The normalized spacial score (nSPS) is 17.7. The van der Waals surface area contributed by atoms with Gasteiger partial charge in [-0.15, -0.1) is 0 Å². The van der Waals surface area contributed by atoms with Crippen LogP contribution >= 0.6 is 0 Å². The maximum atomic E-state index is 13.1. The quantitative estimate of drug-likeness (QED) is 0.860. The van der Waals surface area contributed by atoms with Crippen molar-refractivity contribution in [2.24, 2.45) is 0 Å². The molecule has 1 heterocycles. The number of hydrogen-bond acceptors (Lipinski definition) is 3. The molecule has 1 aliphatic heterocycles. The van der Waals surface area contributed by atoms with Crippen molar-refractivity contribution in [2.75, 3.05) is 10.9 Å². The van der Waals surface area contributed by atoms with Crippen molar-refractivity contribution in [3.8, 4) is 5.75 Å². The van der Waals surface area contributed by atoms with Crippen LogP contribution in [0.1, 0.15) is 25.8 Å². The van der Waals surface area contributed by atoms with E-state index in [4.69, 9.17) is 4.74 Å². The molecule has 0 aromatic heterocycles. The zero-order chi connectivity index (χ0) is 16.4. The molecule has 0 spiro atoms. The fourth-order valence-electron chi connectivity index (χ4n) is 3.01. The highest BCUT2D eigenvalue weighted by atomic mass is 32.2. The first kappa shape index (κ1) is 15.9. The monoisotopic (exact) mass is 331 g/mol. The molecule has 1 aliphatic rings. The first-order valence-electron chi connectivity index (χ1n) is 7.89. The van der Waals surface area contributed by atoms with E-state index in [0.717, 1.165) is 24.1 Å². The van der Waals surface area contributed by atoms with Gasteiger partial charge in [0.2, 0.25) is 0 Å². The summed E-state index contributed by atoms with van der Waals surface area (Å²) in [5.41, 5.74) is 1.88. The van der Waals surface area contributed by atoms with Gasteiger partial charge in [0.25, 0.3) is 10.0 Å². The molecule has 2 aromatic carbocycles. The lowest BCUT2D eigenvalue weighted by molar-refractivity contribution is 0.340. The molecule has 23 heavy (non-hydrogen) atoms. The lowest BCUT2D eigenvalue weighted by atomic mass is 9.99. The maximum absolute atomic E-state index is 13.1. The summed E-state index contributed by atoms with van der Waals surface area (Å²) in [4.78, 5) is 0.296. The van der Waals surface area contributed by atoms with E-state index < -0.39 is 10.0 Å². The van der Waals surface area contributed by atoms with E-state index in [1.54, 1.807) is 28.6 Å². The molecular weight excluding hydrogens is 310 g/mol. The number of ether oxygens (including phenoxy) is 1. The molecule has 1 atom stereocenters. The van der Waals surface area contributed by atoms with Crippen LogP contribution in [0, 0.1) is 0 Å². The Morgan fingerprint density at radius 1 is 1.13 bits per heavy atom. The van der Waals surface area contributed by atoms with Gasteiger partial charge in [-0.05, 0) is 62.6 Å². The number of rotatable bonds is 4. The minimum absolute atomic E-state index is 0.0542. The number of sulfonamides is 1. The third-order valence-corrected chi connectivity index (χ3v) is 6.09. The van der Waals surface area contributed by atoms with Crippen LogP contribution in [0.3, 0.4) is 0 Å². The molecule has 0 radical (unpaired) electrons. The van der Waals surface area contributed by atoms with Crippen molar-refractivity contribution in [2.45, 2.75) is 37.6 Å². The summed E-state index contributed by atoms with van der Waals surface area (Å²) in [5, 5.41) is 0. The zero-order valence-electron chi connectivity index (χ0n) is 13.4. The summed E-state index contributed by atoms with van der Waals surface area (Å²) < 4.78 is 33.2. The minimum atomic E-state index is -3.58. The predicted octanol–water partition coefficient (Wildman–Crippen LogP) is 3.62.